The molecule has 2 N–H and O–H groups in total. The van der Waals surface area contributed by atoms with E-state index < -0.39 is 0 Å². The molecule has 0 saturated heterocycles. The summed E-state index contributed by atoms with van der Waals surface area (Å²) in [5.41, 5.74) is 3.57. The standard InChI is InChI=1S/C17H16FN3O/c1-9-7-12(18)8-10(2)16(9)19-14-6-4-5-13-11(3)20-21-17(22)15(13)14/h4-8,19H,1-3H3,(H,21,22). The molecule has 0 fully saturated rings. The Labute approximate surface area is 127 Å². The van der Waals surface area contributed by atoms with Gasteiger partial charge in [-0.2, -0.15) is 5.10 Å². The van der Waals surface area contributed by atoms with Crippen molar-refractivity contribution >= 4 is 22.1 Å². The average Bonchev–Trinajstić information content (AvgIpc) is 2.46. The summed E-state index contributed by atoms with van der Waals surface area (Å²) in [5, 5.41) is 11.1. The third kappa shape index (κ3) is 2.35. The van der Waals surface area contributed by atoms with Gasteiger partial charge in [-0.05, 0) is 50.1 Å². The summed E-state index contributed by atoms with van der Waals surface area (Å²) in [4.78, 5) is 12.1. The van der Waals surface area contributed by atoms with Gasteiger partial charge in [0, 0.05) is 11.1 Å². The number of hydrogen-bond acceptors (Lipinski definition) is 3. The molecule has 0 saturated carbocycles. The number of nitrogens with one attached hydrogen (secondary N) is 2. The SMILES string of the molecule is Cc1cc(F)cc(C)c1Nc1cccc2c(C)n[nH]c(=O)c12. The molecule has 0 amide bonds. The Balaban J connectivity index is 2.21. The number of aromatic amines is 1. The minimum Gasteiger partial charge on any atom is -0.354 e. The minimum absolute atomic E-state index is 0.249. The van der Waals surface area contributed by atoms with Gasteiger partial charge in [-0.3, -0.25) is 4.79 Å². The lowest BCUT2D eigenvalue weighted by molar-refractivity contribution is 0.625. The summed E-state index contributed by atoms with van der Waals surface area (Å²) in [6, 6.07) is 8.50. The van der Waals surface area contributed by atoms with Crippen LogP contribution in [0, 0.1) is 26.6 Å². The fourth-order valence-electron chi connectivity index (χ4n) is 2.70. The molecule has 22 heavy (non-hydrogen) atoms. The van der Waals surface area contributed by atoms with Crippen LogP contribution < -0.4 is 10.9 Å². The number of hydrogen-bond donors (Lipinski definition) is 2. The van der Waals surface area contributed by atoms with Gasteiger partial charge in [0.15, 0.2) is 0 Å². The monoisotopic (exact) mass is 297 g/mol. The first-order valence-corrected chi connectivity index (χ1v) is 6.99. The van der Waals surface area contributed by atoms with Gasteiger partial charge in [0.1, 0.15) is 5.82 Å². The van der Waals surface area contributed by atoms with E-state index in [1.54, 1.807) is 0 Å². The summed E-state index contributed by atoms with van der Waals surface area (Å²) < 4.78 is 13.4. The molecule has 0 spiro atoms. The minimum atomic E-state index is -0.267. The molecule has 5 heteroatoms. The second kappa shape index (κ2) is 5.26. The van der Waals surface area contributed by atoms with Gasteiger partial charge in [-0.15, -0.1) is 0 Å². The van der Waals surface area contributed by atoms with Crippen molar-refractivity contribution in [3.8, 4) is 0 Å². The average molecular weight is 297 g/mol. The molecule has 0 radical (unpaired) electrons. The summed E-state index contributed by atoms with van der Waals surface area (Å²) in [6.45, 7) is 5.51. The number of fused-ring (bicyclic) bond motifs is 1. The van der Waals surface area contributed by atoms with E-state index in [4.69, 9.17) is 0 Å². The molecular formula is C17H16FN3O. The largest absolute Gasteiger partial charge is 0.354 e. The molecule has 0 unspecified atom stereocenters. The van der Waals surface area contributed by atoms with E-state index in [1.165, 1.54) is 12.1 Å². The highest BCUT2D eigenvalue weighted by Crippen LogP contribution is 2.29. The quantitative estimate of drug-likeness (QED) is 0.757. The van der Waals surface area contributed by atoms with Crippen LogP contribution in [0.5, 0.6) is 0 Å². The lowest BCUT2D eigenvalue weighted by Gasteiger charge is -2.14. The predicted octanol–water partition coefficient (Wildman–Crippen LogP) is 3.73. The van der Waals surface area contributed by atoms with Crippen molar-refractivity contribution in [2.24, 2.45) is 0 Å². The van der Waals surface area contributed by atoms with Crippen LogP contribution in [0.15, 0.2) is 35.1 Å². The molecule has 4 nitrogen and oxygen atoms in total. The van der Waals surface area contributed by atoms with Crippen molar-refractivity contribution in [2.75, 3.05) is 5.32 Å². The van der Waals surface area contributed by atoms with Gasteiger partial charge in [0.05, 0.1) is 16.8 Å². The Morgan fingerprint density at radius 3 is 2.50 bits per heavy atom. The van der Waals surface area contributed by atoms with Gasteiger partial charge in [-0.25, -0.2) is 9.49 Å². The first-order valence-electron chi connectivity index (χ1n) is 6.99. The Kier molecular flexibility index (Phi) is 3.41. The highest BCUT2D eigenvalue weighted by molar-refractivity contribution is 5.96. The van der Waals surface area contributed by atoms with Gasteiger partial charge in [0.2, 0.25) is 0 Å². The second-order valence-electron chi connectivity index (χ2n) is 5.41. The number of aryl methyl sites for hydroxylation is 3. The Morgan fingerprint density at radius 2 is 1.82 bits per heavy atom. The van der Waals surface area contributed by atoms with Crippen LogP contribution in [0.3, 0.4) is 0 Å². The van der Waals surface area contributed by atoms with Crippen LogP contribution >= 0.6 is 0 Å². The van der Waals surface area contributed by atoms with Crippen LogP contribution in [0.1, 0.15) is 16.8 Å². The molecule has 0 aliphatic carbocycles. The Hall–Kier alpha value is -2.69. The van der Waals surface area contributed by atoms with Gasteiger partial charge in [0.25, 0.3) is 5.56 Å². The van der Waals surface area contributed by atoms with E-state index >= 15 is 0 Å². The predicted molar refractivity (Wildman–Crippen MR) is 86.3 cm³/mol. The topological polar surface area (TPSA) is 57.8 Å². The van der Waals surface area contributed by atoms with E-state index in [1.807, 2.05) is 39.0 Å². The molecule has 0 aliphatic heterocycles. The van der Waals surface area contributed by atoms with E-state index in [-0.39, 0.29) is 11.4 Å². The maximum atomic E-state index is 13.4. The number of aromatic nitrogens is 2. The normalized spacial score (nSPS) is 10.9. The van der Waals surface area contributed by atoms with Crippen LogP contribution in [-0.4, -0.2) is 10.2 Å². The number of benzene rings is 2. The molecule has 0 aliphatic rings. The zero-order chi connectivity index (χ0) is 15.9. The summed E-state index contributed by atoms with van der Waals surface area (Å²) in [7, 11) is 0. The van der Waals surface area contributed by atoms with Crippen molar-refractivity contribution < 1.29 is 4.39 Å². The van der Waals surface area contributed by atoms with Crippen LogP contribution in [0.25, 0.3) is 10.8 Å². The molecule has 3 aromatic rings. The smallest absolute Gasteiger partial charge is 0.274 e. The molecular weight excluding hydrogens is 281 g/mol. The Bertz CT molecular complexity index is 908. The van der Waals surface area contributed by atoms with Crippen molar-refractivity contribution in [3.63, 3.8) is 0 Å². The zero-order valence-electron chi connectivity index (χ0n) is 12.6. The number of anilines is 2. The van der Waals surface area contributed by atoms with Crippen molar-refractivity contribution in [1.82, 2.24) is 10.2 Å². The number of halogens is 1. The fourth-order valence-corrected chi connectivity index (χ4v) is 2.70. The number of H-pyrrole nitrogens is 1. The fraction of sp³-hybridized carbons (Fsp3) is 0.176. The van der Waals surface area contributed by atoms with Gasteiger partial charge < -0.3 is 5.32 Å². The maximum absolute atomic E-state index is 13.4. The summed E-state index contributed by atoms with van der Waals surface area (Å²) in [5.74, 6) is -0.267. The number of nitrogens with zero attached hydrogens (tertiary/aromatic N) is 1. The van der Waals surface area contributed by atoms with E-state index in [9.17, 15) is 9.18 Å². The zero-order valence-corrected chi connectivity index (χ0v) is 12.6. The molecule has 112 valence electrons. The molecule has 1 aromatic heterocycles. The Morgan fingerprint density at radius 1 is 1.14 bits per heavy atom. The molecule has 2 aromatic carbocycles. The molecule has 0 bridgehead atoms. The maximum Gasteiger partial charge on any atom is 0.274 e. The highest BCUT2D eigenvalue weighted by Gasteiger charge is 2.11. The van der Waals surface area contributed by atoms with Gasteiger partial charge in [-0.1, -0.05) is 12.1 Å². The summed E-state index contributed by atoms with van der Waals surface area (Å²) >= 11 is 0. The van der Waals surface area contributed by atoms with Crippen LogP contribution in [-0.2, 0) is 0 Å². The van der Waals surface area contributed by atoms with Crippen LogP contribution in [0.4, 0.5) is 15.8 Å². The lowest BCUT2D eigenvalue weighted by Crippen LogP contribution is -2.12. The molecule has 0 atom stereocenters. The second-order valence-corrected chi connectivity index (χ2v) is 5.41. The lowest BCUT2D eigenvalue weighted by atomic mass is 10.1. The first kappa shape index (κ1) is 14.3. The van der Waals surface area contributed by atoms with Crippen molar-refractivity contribution in [2.45, 2.75) is 20.8 Å². The molecule has 3 rings (SSSR count). The van der Waals surface area contributed by atoms with Gasteiger partial charge >= 0.3 is 0 Å². The van der Waals surface area contributed by atoms with Crippen molar-refractivity contribution in [1.29, 1.82) is 0 Å². The first-order chi connectivity index (χ1) is 10.5. The number of rotatable bonds is 2. The van der Waals surface area contributed by atoms with Crippen molar-refractivity contribution in [3.05, 3.63) is 63.3 Å². The third-order valence-electron chi connectivity index (χ3n) is 3.76. The van der Waals surface area contributed by atoms with E-state index in [2.05, 4.69) is 15.5 Å². The summed E-state index contributed by atoms with van der Waals surface area (Å²) in [6.07, 6.45) is 0. The van der Waals surface area contributed by atoms with Crippen LogP contribution in [0.2, 0.25) is 0 Å². The van der Waals surface area contributed by atoms with E-state index in [0.717, 1.165) is 27.9 Å². The highest BCUT2D eigenvalue weighted by atomic mass is 19.1. The third-order valence-corrected chi connectivity index (χ3v) is 3.76. The van der Waals surface area contributed by atoms with E-state index in [0.29, 0.717) is 11.1 Å². The molecule has 1 heterocycles.